The molecular formula is C13H15FN2S. The second-order valence-electron chi connectivity index (χ2n) is 3.96. The summed E-state index contributed by atoms with van der Waals surface area (Å²) in [7, 11) is 1.91. The summed E-state index contributed by atoms with van der Waals surface area (Å²) in [6.07, 6.45) is 0. The Kier molecular flexibility index (Phi) is 3.54. The molecule has 4 heteroatoms. The number of halogens is 1. The number of rotatable bonds is 3. The van der Waals surface area contributed by atoms with Crippen molar-refractivity contribution in [2.45, 2.75) is 19.9 Å². The van der Waals surface area contributed by atoms with Crippen LogP contribution in [0.5, 0.6) is 0 Å². The first kappa shape index (κ1) is 12.2. The summed E-state index contributed by atoms with van der Waals surface area (Å²) in [6, 6.07) is 6.68. The minimum absolute atomic E-state index is 0.0850. The van der Waals surface area contributed by atoms with E-state index >= 15 is 0 Å². The fraction of sp³-hybridized carbons (Fsp3) is 0.308. The van der Waals surface area contributed by atoms with Crippen LogP contribution in [0.4, 0.5) is 4.39 Å². The van der Waals surface area contributed by atoms with Crippen molar-refractivity contribution in [1.29, 1.82) is 0 Å². The third-order valence-electron chi connectivity index (χ3n) is 2.69. The van der Waals surface area contributed by atoms with Gasteiger partial charge in [0.1, 0.15) is 5.82 Å². The average Bonchev–Trinajstić information content (AvgIpc) is 2.62. The molecule has 2 aromatic rings. The molecule has 0 spiro atoms. The zero-order valence-corrected chi connectivity index (χ0v) is 10.9. The van der Waals surface area contributed by atoms with Gasteiger partial charge < -0.3 is 5.32 Å². The standard InChI is InChI=1S/C13H15FN2S/c1-8-13(17-9(2)16-8)12(15-3)10-4-6-11(14)7-5-10/h4-7,12,15H,1-3H3. The van der Waals surface area contributed by atoms with Crippen molar-refractivity contribution in [3.63, 3.8) is 0 Å². The molecular weight excluding hydrogens is 235 g/mol. The molecule has 1 atom stereocenters. The van der Waals surface area contributed by atoms with Crippen molar-refractivity contribution < 1.29 is 4.39 Å². The lowest BCUT2D eigenvalue weighted by atomic mass is 10.0. The number of thiazole rings is 1. The summed E-state index contributed by atoms with van der Waals surface area (Å²) in [5.41, 5.74) is 2.09. The van der Waals surface area contributed by atoms with Crippen LogP contribution in [0.1, 0.15) is 27.2 Å². The van der Waals surface area contributed by atoms with Crippen molar-refractivity contribution in [3.8, 4) is 0 Å². The van der Waals surface area contributed by atoms with E-state index in [0.29, 0.717) is 0 Å². The number of hydrogen-bond donors (Lipinski definition) is 1. The predicted molar refractivity (Wildman–Crippen MR) is 68.9 cm³/mol. The highest BCUT2D eigenvalue weighted by atomic mass is 32.1. The average molecular weight is 250 g/mol. The van der Waals surface area contributed by atoms with Gasteiger partial charge in [-0.3, -0.25) is 0 Å². The minimum atomic E-state index is -0.208. The maximum atomic E-state index is 12.9. The van der Waals surface area contributed by atoms with Crippen LogP contribution in [-0.2, 0) is 0 Å². The van der Waals surface area contributed by atoms with Crippen LogP contribution in [0.3, 0.4) is 0 Å². The largest absolute Gasteiger partial charge is 0.309 e. The first-order chi connectivity index (χ1) is 8.11. The maximum absolute atomic E-state index is 12.9. The van der Waals surface area contributed by atoms with E-state index in [1.54, 1.807) is 11.3 Å². The van der Waals surface area contributed by atoms with Gasteiger partial charge in [-0.2, -0.15) is 0 Å². The number of hydrogen-bond acceptors (Lipinski definition) is 3. The third-order valence-corrected chi connectivity index (χ3v) is 3.83. The molecule has 1 unspecified atom stereocenters. The zero-order valence-electron chi connectivity index (χ0n) is 10.1. The second-order valence-corrected chi connectivity index (χ2v) is 5.19. The Bertz CT molecular complexity index is 505. The molecule has 1 aromatic heterocycles. The van der Waals surface area contributed by atoms with E-state index in [1.165, 1.54) is 17.0 Å². The van der Waals surface area contributed by atoms with Crippen LogP contribution in [-0.4, -0.2) is 12.0 Å². The van der Waals surface area contributed by atoms with E-state index in [2.05, 4.69) is 10.3 Å². The van der Waals surface area contributed by atoms with E-state index in [9.17, 15) is 4.39 Å². The SMILES string of the molecule is CNC(c1ccc(F)cc1)c1sc(C)nc1C. The zero-order chi connectivity index (χ0) is 12.4. The molecule has 0 saturated carbocycles. The third kappa shape index (κ3) is 2.53. The highest BCUT2D eigenvalue weighted by molar-refractivity contribution is 7.11. The number of aryl methyl sites for hydroxylation is 2. The summed E-state index contributed by atoms with van der Waals surface area (Å²) in [5.74, 6) is -0.208. The molecule has 0 radical (unpaired) electrons. The molecule has 1 N–H and O–H groups in total. The monoisotopic (exact) mass is 250 g/mol. The van der Waals surface area contributed by atoms with E-state index in [0.717, 1.165) is 16.3 Å². The van der Waals surface area contributed by atoms with Crippen LogP contribution in [0, 0.1) is 19.7 Å². The molecule has 0 aliphatic rings. The molecule has 0 aliphatic heterocycles. The van der Waals surface area contributed by atoms with Crippen LogP contribution in [0.15, 0.2) is 24.3 Å². The minimum Gasteiger partial charge on any atom is -0.309 e. The van der Waals surface area contributed by atoms with Crippen molar-refractivity contribution in [2.75, 3.05) is 7.05 Å². The van der Waals surface area contributed by atoms with Crippen LogP contribution >= 0.6 is 11.3 Å². The molecule has 90 valence electrons. The van der Waals surface area contributed by atoms with Crippen molar-refractivity contribution in [3.05, 3.63) is 51.2 Å². The topological polar surface area (TPSA) is 24.9 Å². The van der Waals surface area contributed by atoms with Gasteiger partial charge in [-0.15, -0.1) is 11.3 Å². The molecule has 0 aliphatic carbocycles. The molecule has 0 amide bonds. The Morgan fingerprint density at radius 2 is 1.88 bits per heavy atom. The molecule has 1 aromatic carbocycles. The number of aromatic nitrogens is 1. The lowest BCUT2D eigenvalue weighted by Gasteiger charge is -2.15. The summed E-state index contributed by atoms with van der Waals surface area (Å²) in [5, 5.41) is 4.31. The highest BCUT2D eigenvalue weighted by Crippen LogP contribution is 2.29. The molecule has 0 fully saturated rings. The fourth-order valence-corrected chi connectivity index (χ4v) is 2.99. The lowest BCUT2D eigenvalue weighted by molar-refractivity contribution is 0.624. The van der Waals surface area contributed by atoms with Crippen molar-refractivity contribution in [2.24, 2.45) is 0 Å². The van der Waals surface area contributed by atoms with Gasteiger partial charge in [0.15, 0.2) is 0 Å². The number of nitrogens with one attached hydrogen (secondary N) is 1. The fourth-order valence-electron chi connectivity index (χ4n) is 1.92. The molecule has 17 heavy (non-hydrogen) atoms. The Balaban J connectivity index is 2.39. The Morgan fingerprint density at radius 1 is 1.24 bits per heavy atom. The van der Waals surface area contributed by atoms with Crippen LogP contribution in [0.2, 0.25) is 0 Å². The molecule has 2 rings (SSSR count). The smallest absolute Gasteiger partial charge is 0.123 e. The molecule has 1 heterocycles. The Hall–Kier alpha value is -1.26. The maximum Gasteiger partial charge on any atom is 0.123 e. The normalized spacial score (nSPS) is 12.7. The van der Waals surface area contributed by atoms with Gasteiger partial charge >= 0.3 is 0 Å². The number of nitrogens with zero attached hydrogens (tertiary/aromatic N) is 1. The molecule has 0 saturated heterocycles. The van der Waals surface area contributed by atoms with E-state index in [1.807, 2.05) is 33.0 Å². The van der Waals surface area contributed by atoms with E-state index in [4.69, 9.17) is 0 Å². The summed E-state index contributed by atoms with van der Waals surface area (Å²) >= 11 is 1.68. The summed E-state index contributed by atoms with van der Waals surface area (Å²) < 4.78 is 12.9. The van der Waals surface area contributed by atoms with Crippen molar-refractivity contribution in [1.82, 2.24) is 10.3 Å². The Morgan fingerprint density at radius 3 is 2.35 bits per heavy atom. The summed E-state index contributed by atoms with van der Waals surface area (Å²) in [4.78, 5) is 5.62. The molecule has 2 nitrogen and oxygen atoms in total. The van der Waals surface area contributed by atoms with E-state index in [-0.39, 0.29) is 11.9 Å². The highest BCUT2D eigenvalue weighted by Gasteiger charge is 2.17. The second kappa shape index (κ2) is 4.94. The van der Waals surface area contributed by atoms with Gasteiger partial charge in [0.05, 0.1) is 16.7 Å². The first-order valence-corrected chi connectivity index (χ1v) is 6.30. The van der Waals surface area contributed by atoms with Gasteiger partial charge in [-0.05, 0) is 38.6 Å². The van der Waals surface area contributed by atoms with E-state index < -0.39 is 0 Å². The summed E-state index contributed by atoms with van der Waals surface area (Å²) in [6.45, 7) is 4.01. The quantitative estimate of drug-likeness (QED) is 0.904. The Labute approximate surface area is 105 Å². The van der Waals surface area contributed by atoms with Gasteiger partial charge in [-0.1, -0.05) is 12.1 Å². The predicted octanol–water partition coefficient (Wildman–Crippen LogP) is 3.21. The lowest BCUT2D eigenvalue weighted by Crippen LogP contribution is -2.17. The van der Waals surface area contributed by atoms with Gasteiger partial charge in [-0.25, -0.2) is 9.37 Å². The first-order valence-electron chi connectivity index (χ1n) is 5.48. The molecule has 0 bridgehead atoms. The van der Waals surface area contributed by atoms with Crippen LogP contribution < -0.4 is 5.32 Å². The van der Waals surface area contributed by atoms with Gasteiger partial charge in [0, 0.05) is 4.88 Å². The number of benzene rings is 1. The van der Waals surface area contributed by atoms with Gasteiger partial charge in [0.25, 0.3) is 0 Å². The van der Waals surface area contributed by atoms with Gasteiger partial charge in [0.2, 0.25) is 0 Å². The van der Waals surface area contributed by atoms with Crippen LogP contribution in [0.25, 0.3) is 0 Å². The van der Waals surface area contributed by atoms with Crippen molar-refractivity contribution >= 4 is 11.3 Å².